The summed E-state index contributed by atoms with van der Waals surface area (Å²) >= 11 is 1.81. The summed E-state index contributed by atoms with van der Waals surface area (Å²) in [6.07, 6.45) is 4.56. The Kier molecular flexibility index (Phi) is 5.71. The maximum absolute atomic E-state index is 6.06. The molecule has 3 aliphatic heterocycles. The molecule has 3 aliphatic rings. The van der Waals surface area contributed by atoms with E-state index in [1.54, 1.807) is 0 Å². The summed E-state index contributed by atoms with van der Waals surface area (Å²) in [6, 6.07) is 0. The Morgan fingerprint density at radius 2 is 1.96 bits per heavy atom. The lowest BCUT2D eigenvalue weighted by molar-refractivity contribution is 0.0767. The van der Waals surface area contributed by atoms with Crippen LogP contribution in [0.2, 0.25) is 0 Å². The van der Waals surface area contributed by atoms with Gasteiger partial charge in [-0.3, -0.25) is 4.99 Å². The zero-order chi connectivity index (χ0) is 16.0. The predicted octanol–water partition coefficient (Wildman–Crippen LogP) is 2.61. The fourth-order valence-electron chi connectivity index (χ4n) is 4.56. The van der Waals surface area contributed by atoms with E-state index in [0.29, 0.717) is 12.2 Å². The number of nitrogens with zero attached hydrogens (tertiary/aromatic N) is 3. The summed E-state index contributed by atoms with van der Waals surface area (Å²) in [7, 11) is 1.89. The molecule has 0 saturated carbocycles. The summed E-state index contributed by atoms with van der Waals surface area (Å²) in [5, 5.41) is 4.71. The van der Waals surface area contributed by atoms with Gasteiger partial charge >= 0.3 is 0 Å². The van der Waals surface area contributed by atoms with Crippen molar-refractivity contribution >= 4 is 41.3 Å². The van der Waals surface area contributed by atoms with Crippen LogP contribution in [0.4, 0.5) is 0 Å². The summed E-state index contributed by atoms with van der Waals surface area (Å²) in [5.41, 5.74) is 1.17. The number of ether oxygens (including phenoxy) is 1. The molecule has 0 amide bonds. The van der Waals surface area contributed by atoms with E-state index in [2.05, 4.69) is 34.0 Å². The highest BCUT2D eigenvalue weighted by Crippen LogP contribution is 2.47. The van der Waals surface area contributed by atoms with Crippen molar-refractivity contribution in [3.05, 3.63) is 15.6 Å². The number of hydrogen-bond acceptors (Lipinski definition) is 4. The van der Waals surface area contributed by atoms with Gasteiger partial charge in [0.05, 0.1) is 22.9 Å². The molecular weight excluding hydrogens is 435 g/mol. The minimum atomic E-state index is 0. The highest BCUT2D eigenvalue weighted by molar-refractivity contribution is 14.0. The third kappa shape index (κ3) is 3.31. The van der Waals surface area contributed by atoms with Crippen LogP contribution in [0.5, 0.6) is 0 Å². The van der Waals surface area contributed by atoms with Crippen LogP contribution < -0.4 is 5.32 Å². The molecule has 3 saturated heterocycles. The van der Waals surface area contributed by atoms with Gasteiger partial charge in [-0.15, -0.1) is 35.3 Å². The number of halogens is 1. The van der Waals surface area contributed by atoms with Gasteiger partial charge in [-0.25, -0.2) is 4.98 Å². The number of likely N-dealkylation sites (tertiary alicyclic amines) is 1. The Bertz CT molecular complexity index is 602. The van der Waals surface area contributed by atoms with Gasteiger partial charge in [0.2, 0.25) is 0 Å². The lowest BCUT2D eigenvalue weighted by Gasteiger charge is -2.23. The lowest BCUT2D eigenvalue weighted by atomic mass is 9.82. The van der Waals surface area contributed by atoms with E-state index in [1.165, 1.54) is 23.4 Å². The van der Waals surface area contributed by atoms with E-state index in [1.807, 2.05) is 18.4 Å². The molecule has 1 aromatic heterocycles. The number of nitrogens with one attached hydrogen (secondary N) is 1. The van der Waals surface area contributed by atoms with Crippen LogP contribution in [-0.4, -0.2) is 54.7 Å². The maximum Gasteiger partial charge on any atom is 0.193 e. The van der Waals surface area contributed by atoms with Crippen LogP contribution in [-0.2, 0) is 11.2 Å². The standard InChI is InChI=1S/C17H26N4OS.HI/c1-10-16(23-11(2)20-10)6-7-19-17(18-3)21-8-12-13(9-21)15-5-4-14(12)22-15;/h12-15H,4-9H2,1-3H3,(H,18,19);1H. The molecule has 0 aliphatic carbocycles. The third-order valence-electron chi connectivity index (χ3n) is 5.60. The van der Waals surface area contributed by atoms with E-state index in [0.717, 1.165) is 48.9 Å². The Hall–Kier alpha value is -0.410. The van der Waals surface area contributed by atoms with Crippen LogP contribution in [0.25, 0.3) is 0 Å². The van der Waals surface area contributed by atoms with Crippen molar-refractivity contribution in [1.29, 1.82) is 0 Å². The van der Waals surface area contributed by atoms with E-state index in [-0.39, 0.29) is 24.0 Å². The molecule has 24 heavy (non-hydrogen) atoms. The van der Waals surface area contributed by atoms with Gasteiger partial charge in [0.25, 0.3) is 0 Å². The van der Waals surface area contributed by atoms with Gasteiger partial charge < -0.3 is 15.0 Å². The Morgan fingerprint density at radius 3 is 2.50 bits per heavy atom. The quantitative estimate of drug-likeness (QED) is 0.427. The molecule has 4 atom stereocenters. The van der Waals surface area contributed by atoms with Crippen molar-refractivity contribution in [3.8, 4) is 0 Å². The minimum absolute atomic E-state index is 0. The fourth-order valence-corrected chi connectivity index (χ4v) is 5.50. The molecule has 0 spiro atoms. The van der Waals surface area contributed by atoms with Crippen LogP contribution >= 0.6 is 35.3 Å². The van der Waals surface area contributed by atoms with Crippen molar-refractivity contribution < 1.29 is 4.74 Å². The molecule has 1 N–H and O–H groups in total. The highest BCUT2D eigenvalue weighted by atomic mass is 127. The molecule has 1 aromatic rings. The highest BCUT2D eigenvalue weighted by Gasteiger charge is 2.53. The number of rotatable bonds is 3. The Morgan fingerprint density at radius 1 is 1.29 bits per heavy atom. The zero-order valence-corrected chi connectivity index (χ0v) is 17.8. The molecule has 4 unspecified atom stereocenters. The number of guanidine groups is 1. The number of aliphatic imine (C=N–C) groups is 1. The number of fused-ring (bicyclic) bond motifs is 5. The van der Waals surface area contributed by atoms with Crippen molar-refractivity contribution in [3.63, 3.8) is 0 Å². The predicted molar refractivity (Wildman–Crippen MR) is 109 cm³/mol. The number of hydrogen-bond donors (Lipinski definition) is 1. The average molecular weight is 462 g/mol. The largest absolute Gasteiger partial charge is 0.374 e. The first-order valence-electron chi connectivity index (χ1n) is 8.69. The van der Waals surface area contributed by atoms with Gasteiger partial charge in [0.15, 0.2) is 5.96 Å². The van der Waals surface area contributed by atoms with Crippen molar-refractivity contribution in [2.24, 2.45) is 16.8 Å². The van der Waals surface area contributed by atoms with E-state index >= 15 is 0 Å². The van der Waals surface area contributed by atoms with E-state index in [4.69, 9.17) is 4.74 Å². The summed E-state index contributed by atoms with van der Waals surface area (Å²) in [5.74, 6) is 2.50. The van der Waals surface area contributed by atoms with Crippen LogP contribution in [0.15, 0.2) is 4.99 Å². The van der Waals surface area contributed by atoms with Gasteiger partial charge in [-0.1, -0.05) is 0 Å². The first-order valence-corrected chi connectivity index (χ1v) is 9.51. The normalized spacial score (nSPS) is 31.3. The molecule has 3 fully saturated rings. The monoisotopic (exact) mass is 462 g/mol. The Labute approximate surface area is 165 Å². The number of aryl methyl sites for hydroxylation is 2. The second-order valence-electron chi connectivity index (χ2n) is 6.99. The van der Waals surface area contributed by atoms with Crippen molar-refractivity contribution in [2.75, 3.05) is 26.7 Å². The Balaban J connectivity index is 0.00000169. The molecule has 0 radical (unpaired) electrons. The fraction of sp³-hybridized carbons (Fsp3) is 0.765. The van der Waals surface area contributed by atoms with Crippen LogP contribution in [0, 0.1) is 25.7 Å². The van der Waals surface area contributed by atoms with Crippen molar-refractivity contribution in [1.82, 2.24) is 15.2 Å². The van der Waals surface area contributed by atoms with Crippen molar-refractivity contribution in [2.45, 2.75) is 45.3 Å². The van der Waals surface area contributed by atoms with Gasteiger partial charge in [0, 0.05) is 49.8 Å². The summed E-state index contributed by atoms with van der Waals surface area (Å²) in [4.78, 5) is 12.8. The molecular formula is C17H27IN4OS. The SMILES string of the molecule is CN=C(NCCc1sc(C)nc1C)N1CC2C3CCC(O3)C2C1.I. The zero-order valence-electron chi connectivity index (χ0n) is 14.6. The molecule has 4 rings (SSSR count). The van der Waals surface area contributed by atoms with Gasteiger partial charge in [-0.2, -0.15) is 0 Å². The molecule has 134 valence electrons. The average Bonchev–Trinajstić information content (AvgIpc) is 3.25. The number of aromatic nitrogens is 1. The molecule has 5 nitrogen and oxygen atoms in total. The second-order valence-corrected chi connectivity index (χ2v) is 8.28. The molecule has 2 bridgehead atoms. The molecule has 7 heteroatoms. The van der Waals surface area contributed by atoms with Gasteiger partial charge in [-0.05, 0) is 26.7 Å². The molecule has 0 aromatic carbocycles. The first-order chi connectivity index (χ1) is 11.2. The summed E-state index contributed by atoms with van der Waals surface area (Å²) in [6.45, 7) is 7.30. The first kappa shape index (κ1) is 18.4. The minimum Gasteiger partial charge on any atom is -0.374 e. The van der Waals surface area contributed by atoms with Gasteiger partial charge in [0.1, 0.15) is 0 Å². The van der Waals surface area contributed by atoms with Crippen LogP contribution in [0.1, 0.15) is 28.4 Å². The lowest BCUT2D eigenvalue weighted by Crippen LogP contribution is -2.42. The summed E-state index contributed by atoms with van der Waals surface area (Å²) < 4.78 is 6.06. The third-order valence-corrected chi connectivity index (χ3v) is 6.73. The number of thiazole rings is 1. The molecule has 4 heterocycles. The topological polar surface area (TPSA) is 49.8 Å². The van der Waals surface area contributed by atoms with E-state index < -0.39 is 0 Å². The maximum atomic E-state index is 6.06. The van der Waals surface area contributed by atoms with Crippen LogP contribution in [0.3, 0.4) is 0 Å². The second kappa shape index (κ2) is 7.45. The van der Waals surface area contributed by atoms with E-state index in [9.17, 15) is 0 Å². The smallest absolute Gasteiger partial charge is 0.193 e.